The zero-order valence-corrected chi connectivity index (χ0v) is 17.1. The summed E-state index contributed by atoms with van der Waals surface area (Å²) in [7, 11) is 1.62. The molecule has 0 spiro atoms. The summed E-state index contributed by atoms with van der Waals surface area (Å²) in [6.07, 6.45) is 6.22. The summed E-state index contributed by atoms with van der Waals surface area (Å²) in [5.41, 5.74) is 1.74. The predicted molar refractivity (Wildman–Crippen MR) is 118 cm³/mol. The van der Waals surface area contributed by atoms with Crippen LogP contribution in [0, 0.1) is 29.2 Å². The number of benzene rings is 2. The minimum atomic E-state index is 0.370. The van der Waals surface area contributed by atoms with Crippen molar-refractivity contribution >= 4 is 11.6 Å². The zero-order chi connectivity index (χ0) is 21.0. The number of aliphatic imine (C=N–C) groups is 1. The van der Waals surface area contributed by atoms with E-state index in [4.69, 9.17) is 14.7 Å². The van der Waals surface area contributed by atoms with Gasteiger partial charge in [0.05, 0.1) is 20.3 Å². The maximum absolute atomic E-state index is 9.03. The molecular weight excluding hydrogens is 376 g/mol. The highest BCUT2D eigenvalue weighted by molar-refractivity contribution is 5.94. The highest BCUT2D eigenvalue weighted by Crippen LogP contribution is 2.33. The Morgan fingerprint density at radius 3 is 2.70 bits per heavy atom. The van der Waals surface area contributed by atoms with E-state index < -0.39 is 0 Å². The number of ether oxygens (including phenoxy) is 2. The van der Waals surface area contributed by atoms with E-state index in [0.717, 1.165) is 11.3 Å². The molecule has 30 heavy (non-hydrogen) atoms. The molecule has 6 nitrogen and oxygen atoms in total. The Morgan fingerprint density at radius 2 is 2.00 bits per heavy atom. The maximum atomic E-state index is 9.03. The average molecular weight is 402 g/mol. The van der Waals surface area contributed by atoms with Gasteiger partial charge in [0.15, 0.2) is 17.7 Å². The van der Waals surface area contributed by atoms with Gasteiger partial charge in [0.2, 0.25) is 5.96 Å². The van der Waals surface area contributed by atoms with E-state index in [1.807, 2.05) is 54.7 Å². The monoisotopic (exact) mass is 402 g/mol. The molecule has 0 heterocycles. The van der Waals surface area contributed by atoms with Crippen LogP contribution in [0.2, 0.25) is 0 Å². The van der Waals surface area contributed by atoms with Crippen molar-refractivity contribution in [3.63, 3.8) is 0 Å². The second-order valence-corrected chi connectivity index (χ2v) is 6.98. The fourth-order valence-electron chi connectivity index (χ4n) is 2.94. The van der Waals surface area contributed by atoms with Crippen molar-refractivity contribution in [3.8, 4) is 29.5 Å². The smallest absolute Gasteiger partial charge is 0.209 e. The number of hydrogen-bond donors (Lipinski definition) is 2. The van der Waals surface area contributed by atoms with Gasteiger partial charge >= 0.3 is 0 Å². The molecule has 0 atom stereocenters. The molecule has 1 saturated carbocycles. The molecule has 1 aliphatic rings. The van der Waals surface area contributed by atoms with Crippen LogP contribution >= 0.6 is 0 Å². The topological polar surface area (TPSA) is 78.7 Å². The van der Waals surface area contributed by atoms with Crippen LogP contribution in [0.3, 0.4) is 0 Å². The van der Waals surface area contributed by atoms with E-state index in [9.17, 15) is 0 Å². The maximum Gasteiger partial charge on any atom is 0.209 e. The van der Waals surface area contributed by atoms with Crippen LogP contribution in [-0.2, 0) is 0 Å². The van der Waals surface area contributed by atoms with Gasteiger partial charge in [-0.2, -0.15) is 5.26 Å². The summed E-state index contributed by atoms with van der Waals surface area (Å²) >= 11 is 0. The van der Waals surface area contributed by atoms with Gasteiger partial charge < -0.3 is 14.8 Å². The molecule has 2 aromatic carbocycles. The van der Waals surface area contributed by atoms with E-state index in [2.05, 4.69) is 27.5 Å². The van der Waals surface area contributed by atoms with Crippen molar-refractivity contribution in [3.05, 3.63) is 54.1 Å². The molecule has 0 saturated heterocycles. The van der Waals surface area contributed by atoms with Gasteiger partial charge in [-0.15, -0.1) is 0 Å². The van der Waals surface area contributed by atoms with Gasteiger partial charge in [-0.05, 0) is 43.0 Å². The Bertz CT molecular complexity index is 951. The SMILES string of the molecule is COc1ccc(NC(=NCCC#Cc2ccccc2)NC#N)cc1OCC1CCC1. The minimum absolute atomic E-state index is 0.370. The summed E-state index contributed by atoms with van der Waals surface area (Å²) in [6, 6.07) is 15.4. The Hall–Kier alpha value is -3.64. The number of nitrogens with one attached hydrogen (secondary N) is 2. The summed E-state index contributed by atoms with van der Waals surface area (Å²) in [5, 5.41) is 14.7. The van der Waals surface area contributed by atoms with E-state index >= 15 is 0 Å². The number of nitriles is 1. The molecule has 1 fully saturated rings. The van der Waals surface area contributed by atoms with Gasteiger partial charge in [-0.25, -0.2) is 0 Å². The summed E-state index contributed by atoms with van der Waals surface area (Å²) < 4.78 is 11.4. The first-order valence-electron chi connectivity index (χ1n) is 10.1. The Kier molecular flexibility index (Phi) is 8.00. The standard InChI is InChI=1S/C24H26N4O2/c1-29-22-14-13-21(16-23(22)30-17-20-11-7-12-20)28-24(27-18-25)26-15-6-5-10-19-8-3-2-4-9-19/h2-4,8-9,13-14,16,20H,6-7,11-12,15,17H2,1H3,(H2,26,27,28). The van der Waals surface area contributed by atoms with Crippen molar-refractivity contribution in [1.82, 2.24) is 5.32 Å². The molecule has 2 aromatic rings. The fraction of sp³-hybridized carbons (Fsp3) is 0.333. The molecule has 6 heteroatoms. The third-order valence-electron chi connectivity index (χ3n) is 4.81. The number of rotatable bonds is 7. The van der Waals surface area contributed by atoms with Crippen molar-refractivity contribution < 1.29 is 9.47 Å². The minimum Gasteiger partial charge on any atom is -0.493 e. The van der Waals surface area contributed by atoms with Gasteiger partial charge in [-0.1, -0.05) is 36.5 Å². The largest absolute Gasteiger partial charge is 0.493 e. The molecule has 2 N–H and O–H groups in total. The van der Waals surface area contributed by atoms with Crippen molar-refractivity contribution in [2.24, 2.45) is 10.9 Å². The molecule has 0 radical (unpaired) electrons. The van der Waals surface area contributed by atoms with E-state index in [-0.39, 0.29) is 0 Å². The van der Waals surface area contributed by atoms with Crippen LogP contribution in [0.15, 0.2) is 53.5 Å². The summed E-state index contributed by atoms with van der Waals surface area (Å²) in [4.78, 5) is 4.41. The molecule has 0 amide bonds. The third kappa shape index (κ3) is 6.46. The zero-order valence-electron chi connectivity index (χ0n) is 17.1. The highest BCUT2D eigenvalue weighted by atomic mass is 16.5. The second kappa shape index (κ2) is 11.4. The molecular formula is C24H26N4O2. The van der Waals surface area contributed by atoms with Crippen molar-refractivity contribution in [2.75, 3.05) is 25.6 Å². The number of hydrogen-bond acceptors (Lipinski definition) is 4. The van der Waals surface area contributed by atoms with Gasteiger partial charge in [-0.3, -0.25) is 10.3 Å². The van der Waals surface area contributed by atoms with Crippen molar-refractivity contribution in [1.29, 1.82) is 5.26 Å². The lowest BCUT2D eigenvalue weighted by Gasteiger charge is -2.25. The van der Waals surface area contributed by atoms with Crippen LogP contribution in [-0.4, -0.2) is 26.2 Å². The molecule has 3 rings (SSSR count). The predicted octanol–water partition coefficient (Wildman–Crippen LogP) is 4.15. The summed E-state index contributed by atoms with van der Waals surface area (Å²) in [5.74, 6) is 8.55. The first-order valence-corrected chi connectivity index (χ1v) is 10.1. The number of methoxy groups -OCH3 is 1. The van der Waals surface area contributed by atoms with Gasteiger partial charge in [0, 0.05) is 23.7 Å². The first kappa shape index (κ1) is 21.1. The quantitative estimate of drug-likeness (QED) is 0.182. The van der Waals surface area contributed by atoms with Crippen LogP contribution in [0.25, 0.3) is 0 Å². The van der Waals surface area contributed by atoms with E-state index in [1.54, 1.807) is 7.11 Å². The van der Waals surface area contributed by atoms with E-state index in [0.29, 0.717) is 42.9 Å². The lowest BCUT2D eigenvalue weighted by molar-refractivity contribution is 0.176. The third-order valence-corrected chi connectivity index (χ3v) is 4.81. The lowest BCUT2D eigenvalue weighted by Crippen LogP contribution is -2.27. The van der Waals surface area contributed by atoms with Crippen molar-refractivity contribution in [2.45, 2.75) is 25.7 Å². The van der Waals surface area contributed by atoms with Crippen LogP contribution in [0.4, 0.5) is 5.69 Å². The highest BCUT2D eigenvalue weighted by Gasteiger charge is 2.19. The molecule has 0 bridgehead atoms. The van der Waals surface area contributed by atoms with E-state index in [1.165, 1.54) is 19.3 Å². The average Bonchev–Trinajstić information content (AvgIpc) is 2.73. The normalized spacial score (nSPS) is 13.3. The van der Waals surface area contributed by atoms with Crippen LogP contribution in [0.1, 0.15) is 31.2 Å². The fourth-order valence-corrected chi connectivity index (χ4v) is 2.94. The van der Waals surface area contributed by atoms with Gasteiger partial charge in [0.1, 0.15) is 0 Å². The number of anilines is 1. The lowest BCUT2D eigenvalue weighted by atomic mass is 9.86. The molecule has 0 aromatic heterocycles. The first-order chi connectivity index (χ1) is 14.8. The van der Waals surface area contributed by atoms with Crippen LogP contribution < -0.4 is 20.1 Å². The Labute approximate surface area is 177 Å². The summed E-state index contributed by atoms with van der Waals surface area (Å²) in [6.45, 7) is 1.16. The van der Waals surface area contributed by atoms with Crippen LogP contribution in [0.5, 0.6) is 11.5 Å². The molecule has 154 valence electrons. The second-order valence-electron chi connectivity index (χ2n) is 6.98. The van der Waals surface area contributed by atoms with Gasteiger partial charge in [0.25, 0.3) is 0 Å². The molecule has 0 unspecified atom stereocenters. The Morgan fingerprint density at radius 1 is 1.17 bits per heavy atom. The number of guanidine groups is 1. The number of nitrogens with zero attached hydrogens (tertiary/aromatic N) is 2. The molecule has 1 aliphatic carbocycles. The Balaban J connectivity index is 1.59. The molecule has 0 aliphatic heterocycles.